The van der Waals surface area contributed by atoms with Crippen molar-refractivity contribution in [1.29, 1.82) is 0 Å². The van der Waals surface area contributed by atoms with Gasteiger partial charge >= 0.3 is 0 Å². The summed E-state index contributed by atoms with van der Waals surface area (Å²) in [4.78, 5) is 16.9. The van der Waals surface area contributed by atoms with Gasteiger partial charge in [-0.15, -0.1) is 0 Å². The largest absolute Gasteiger partial charge is 0.475 e. The van der Waals surface area contributed by atoms with Crippen LogP contribution in [0.15, 0.2) is 12.1 Å². The molecule has 1 heterocycles. The van der Waals surface area contributed by atoms with Crippen LogP contribution in [0.3, 0.4) is 0 Å². The van der Waals surface area contributed by atoms with Crippen molar-refractivity contribution >= 4 is 11.6 Å². The number of hydrogen-bond donors (Lipinski definition) is 1. The molecule has 0 bridgehead atoms. The molecule has 2 rings (SSSR count). The van der Waals surface area contributed by atoms with Crippen LogP contribution >= 0.6 is 0 Å². The Labute approximate surface area is 137 Å². The quantitative estimate of drug-likeness (QED) is 0.708. The highest BCUT2D eigenvalue weighted by molar-refractivity contribution is 5.98. The second kappa shape index (κ2) is 7.75. The summed E-state index contributed by atoms with van der Waals surface area (Å²) in [7, 11) is 1.58. The molecule has 1 N–H and O–H groups in total. The third kappa shape index (κ3) is 4.42. The highest BCUT2D eigenvalue weighted by Gasteiger charge is 2.47. The standard InChI is InChI=1S/C17H26N2O4/c1-5-22-10-11-23-15-9-8-14(12(2)18-15)19-16(20)17(3,21-4)13-6-7-13/h8-9,13H,5-7,10-11H2,1-4H3,(H,19,20)/t17-/m1/s1. The number of nitrogens with one attached hydrogen (secondary N) is 1. The predicted molar refractivity (Wildman–Crippen MR) is 87.7 cm³/mol. The number of carbonyl (C=O) groups is 1. The monoisotopic (exact) mass is 322 g/mol. The van der Waals surface area contributed by atoms with Gasteiger partial charge in [0, 0.05) is 19.8 Å². The fraction of sp³-hybridized carbons (Fsp3) is 0.647. The third-order valence-electron chi connectivity index (χ3n) is 4.22. The Morgan fingerprint density at radius 1 is 1.39 bits per heavy atom. The van der Waals surface area contributed by atoms with E-state index in [0.717, 1.165) is 12.8 Å². The lowest BCUT2D eigenvalue weighted by molar-refractivity contribution is -0.138. The van der Waals surface area contributed by atoms with Crippen molar-refractivity contribution in [2.24, 2.45) is 5.92 Å². The maximum absolute atomic E-state index is 12.5. The molecule has 1 aliphatic carbocycles. The summed E-state index contributed by atoms with van der Waals surface area (Å²) in [6, 6.07) is 3.55. The Morgan fingerprint density at radius 2 is 2.13 bits per heavy atom. The van der Waals surface area contributed by atoms with E-state index in [2.05, 4.69) is 10.3 Å². The summed E-state index contributed by atoms with van der Waals surface area (Å²) in [6.07, 6.45) is 2.06. The number of ether oxygens (including phenoxy) is 3. The second-order valence-corrected chi connectivity index (χ2v) is 5.87. The van der Waals surface area contributed by atoms with Gasteiger partial charge in [-0.25, -0.2) is 4.98 Å². The molecule has 6 nitrogen and oxygen atoms in total. The molecule has 0 unspecified atom stereocenters. The average molecular weight is 322 g/mol. The number of aryl methyl sites for hydroxylation is 1. The average Bonchev–Trinajstić information content (AvgIpc) is 3.38. The van der Waals surface area contributed by atoms with Gasteiger partial charge in [-0.3, -0.25) is 4.79 Å². The van der Waals surface area contributed by atoms with Crippen LogP contribution in [-0.4, -0.2) is 43.4 Å². The highest BCUT2D eigenvalue weighted by Crippen LogP contribution is 2.42. The minimum absolute atomic E-state index is 0.127. The van der Waals surface area contributed by atoms with E-state index < -0.39 is 5.60 Å². The molecule has 0 radical (unpaired) electrons. The van der Waals surface area contributed by atoms with E-state index in [4.69, 9.17) is 14.2 Å². The van der Waals surface area contributed by atoms with Gasteiger partial charge in [-0.05, 0) is 45.6 Å². The molecular formula is C17H26N2O4. The Kier molecular flexibility index (Phi) is 5.96. The zero-order chi connectivity index (χ0) is 16.9. The van der Waals surface area contributed by atoms with Gasteiger partial charge in [0.25, 0.3) is 5.91 Å². The molecule has 0 spiro atoms. The van der Waals surface area contributed by atoms with Crippen LogP contribution in [0.2, 0.25) is 0 Å². The summed E-state index contributed by atoms with van der Waals surface area (Å²) in [5.74, 6) is 0.691. The molecule has 128 valence electrons. The molecule has 1 aliphatic rings. The van der Waals surface area contributed by atoms with Crippen molar-refractivity contribution in [3.05, 3.63) is 17.8 Å². The molecule has 1 aromatic rings. The Balaban J connectivity index is 1.96. The lowest BCUT2D eigenvalue weighted by atomic mass is 9.99. The van der Waals surface area contributed by atoms with Gasteiger partial charge in [0.1, 0.15) is 12.2 Å². The minimum atomic E-state index is -0.779. The molecule has 0 aliphatic heterocycles. The molecule has 1 fully saturated rings. The van der Waals surface area contributed by atoms with E-state index in [1.165, 1.54) is 0 Å². The van der Waals surface area contributed by atoms with E-state index in [-0.39, 0.29) is 5.91 Å². The van der Waals surface area contributed by atoms with Gasteiger partial charge < -0.3 is 19.5 Å². The van der Waals surface area contributed by atoms with Crippen molar-refractivity contribution in [2.75, 3.05) is 32.2 Å². The number of methoxy groups -OCH3 is 1. The number of carbonyl (C=O) groups excluding carboxylic acids is 1. The summed E-state index contributed by atoms with van der Waals surface area (Å²) in [5, 5.41) is 2.92. The van der Waals surface area contributed by atoms with Crippen LogP contribution in [0.4, 0.5) is 5.69 Å². The van der Waals surface area contributed by atoms with Gasteiger partial charge in [0.2, 0.25) is 5.88 Å². The molecule has 23 heavy (non-hydrogen) atoms. The van der Waals surface area contributed by atoms with Crippen LogP contribution in [0.5, 0.6) is 5.88 Å². The molecule has 0 saturated heterocycles. The zero-order valence-electron chi connectivity index (χ0n) is 14.3. The number of pyridine rings is 1. The highest BCUT2D eigenvalue weighted by atomic mass is 16.5. The van der Waals surface area contributed by atoms with Crippen LogP contribution in [0, 0.1) is 12.8 Å². The van der Waals surface area contributed by atoms with E-state index in [9.17, 15) is 4.79 Å². The maximum atomic E-state index is 12.5. The zero-order valence-corrected chi connectivity index (χ0v) is 14.3. The smallest absolute Gasteiger partial charge is 0.256 e. The fourth-order valence-electron chi connectivity index (χ4n) is 2.43. The second-order valence-electron chi connectivity index (χ2n) is 5.87. The molecule has 0 aromatic carbocycles. The third-order valence-corrected chi connectivity index (χ3v) is 4.22. The Hall–Kier alpha value is -1.66. The van der Waals surface area contributed by atoms with Crippen molar-refractivity contribution in [1.82, 2.24) is 4.98 Å². The van der Waals surface area contributed by atoms with Gasteiger partial charge in [0.15, 0.2) is 0 Å². The van der Waals surface area contributed by atoms with Crippen molar-refractivity contribution in [3.8, 4) is 5.88 Å². The lowest BCUT2D eigenvalue weighted by Crippen LogP contribution is -2.44. The van der Waals surface area contributed by atoms with E-state index in [0.29, 0.717) is 43.0 Å². The first kappa shape index (κ1) is 17.7. The fourth-order valence-corrected chi connectivity index (χ4v) is 2.43. The molecule has 1 amide bonds. The van der Waals surface area contributed by atoms with Crippen LogP contribution in [0.25, 0.3) is 0 Å². The van der Waals surface area contributed by atoms with Gasteiger partial charge in [-0.2, -0.15) is 0 Å². The minimum Gasteiger partial charge on any atom is -0.475 e. The Bertz CT molecular complexity index is 545. The van der Waals surface area contributed by atoms with Gasteiger partial charge in [0.05, 0.1) is 18.0 Å². The lowest BCUT2D eigenvalue weighted by Gasteiger charge is -2.27. The number of amides is 1. The number of anilines is 1. The summed E-state index contributed by atoms with van der Waals surface area (Å²) >= 11 is 0. The van der Waals surface area contributed by atoms with Crippen LogP contribution in [0.1, 0.15) is 32.4 Å². The number of aromatic nitrogens is 1. The number of rotatable bonds is 9. The Morgan fingerprint density at radius 3 is 2.70 bits per heavy atom. The van der Waals surface area contributed by atoms with Crippen molar-refractivity contribution in [2.45, 2.75) is 39.2 Å². The molecule has 6 heteroatoms. The van der Waals surface area contributed by atoms with Crippen LogP contribution in [-0.2, 0) is 14.3 Å². The van der Waals surface area contributed by atoms with E-state index in [1.807, 2.05) is 20.8 Å². The normalized spacial score (nSPS) is 16.7. The molecule has 1 atom stereocenters. The van der Waals surface area contributed by atoms with Crippen LogP contribution < -0.4 is 10.1 Å². The van der Waals surface area contributed by atoms with E-state index in [1.54, 1.807) is 19.2 Å². The predicted octanol–water partition coefficient (Wildman–Crippen LogP) is 2.56. The van der Waals surface area contributed by atoms with Crippen molar-refractivity contribution in [3.63, 3.8) is 0 Å². The first-order valence-electron chi connectivity index (χ1n) is 8.06. The summed E-state index contributed by atoms with van der Waals surface area (Å²) in [6.45, 7) is 7.27. The topological polar surface area (TPSA) is 69.7 Å². The SMILES string of the molecule is CCOCCOc1ccc(NC(=O)[C@](C)(OC)C2CC2)c(C)n1. The summed E-state index contributed by atoms with van der Waals surface area (Å²) in [5.41, 5.74) is 0.608. The maximum Gasteiger partial charge on any atom is 0.256 e. The van der Waals surface area contributed by atoms with Gasteiger partial charge in [-0.1, -0.05) is 0 Å². The molecular weight excluding hydrogens is 296 g/mol. The van der Waals surface area contributed by atoms with E-state index >= 15 is 0 Å². The molecule has 1 aromatic heterocycles. The summed E-state index contributed by atoms with van der Waals surface area (Å²) < 4.78 is 16.2. The first-order valence-corrected chi connectivity index (χ1v) is 8.06. The molecule has 1 saturated carbocycles. The first-order chi connectivity index (χ1) is 11.0. The number of hydrogen-bond acceptors (Lipinski definition) is 5. The van der Waals surface area contributed by atoms with Crippen molar-refractivity contribution < 1.29 is 19.0 Å². The number of nitrogens with zero attached hydrogens (tertiary/aromatic N) is 1.